The van der Waals surface area contributed by atoms with Crippen molar-refractivity contribution >= 4 is 99.9 Å². The minimum Gasteiger partial charge on any atom is -0.481 e. The molecule has 1 heterocycles. The minimum absolute atomic E-state index is 0.00830. The highest BCUT2D eigenvalue weighted by Crippen LogP contribution is 2.19. The van der Waals surface area contributed by atoms with Crippen molar-refractivity contribution in [2.24, 2.45) is 104 Å². The monoisotopic (exact) mass is 1270 g/mol. The number of H-pyrrole nitrogens is 1. The third kappa shape index (κ3) is 31.3. The number of hydrogen-bond donors (Lipinski definition) is 23. The minimum atomic E-state index is -1.55. The number of aromatic nitrogens is 1. The van der Waals surface area contributed by atoms with Gasteiger partial charge in [-0.25, -0.2) is 4.79 Å². The maximum atomic E-state index is 14.6. The summed E-state index contributed by atoms with van der Waals surface area (Å²) in [6.45, 7) is -0.169. The Bertz CT molecular complexity index is 2870. The summed E-state index contributed by atoms with van der Waals surface area (Å²) in [5.41, 5.74) is 74.0. The largest absolute Gasteiger partial charge is 0.481 e. The lowest BCUT2D eigenvalue weighted by Crippen LogP contribution is -2.60. The van der Waals surface area contributed by atoms with Gasteiger partial charge in [0.2, 0.25) is 41.4 Å². The van der Waals surface area contributed by atoms with Crippen molar-refractivity contribution in [1.82, 2.24) is 42.2 Å². The van der Waals surface area contributed by atoms with Gasteiger partial charge in [0.05, 0.1) is 6.04 Å². The van der Waals surface area contributed by atoms with E-state index >= 15 is 0 Å². The summed E-state index contributed by atoms with van der Waals surface area (Å²) in [5, 5.41) is 38.3. The Hall–Kier alpha value is -10.4. The van der Waals surface area contributed by atoms with Crippen molar-refractivity contribution in [1.29, 1.82) is 0 Å². The van der Waals surface area contributed by atoms with Crippen LogP contribution in [-0.2, 0) is 49.6 Å². The van der Waals surface area contributed by atoms with Gasteiger partial charge >= 0.3 is 11.9 Å². The molecule has 500 valence electrons. The second-order valence-corrected chi connectivity index (χ2v) is 20.6. The highest BCUT2D eigenvalue weighted by atomic mass is 16.4. The van der Waals surface area contributed by atoms with E-state index in [1.807, 2.05) is 18.2 Å². The lowest BCUT2D eigenvalue weighted by atomic mass is 10.0. The molecule has 0 radical (unpaired) electrons. The van der Waals surface area contributed by atoms with Gasteiger partial charge < -0.3 is 127 Å². The lowest BCUT2D eigenvalue weighted by molar-refractivity contribution is -0.142. The van der Waals surface area contributed by atoms with E-state index in [4.69, 9.17) is 74.5 Å². The fourth-order valence-electron chi connectivity index (χ4n) is 8.70. The van der Waals surface area contributed by atoms with Crippen molar-refractivity contribution in [3.8, 4) is 0 Å². The predicted molar refractivity (Wildman–Crippen MR) is 337 cm³/mol. The van der Waals surface area contributed by atoms with E-state index in [9.17, 15) is 53.4 Å². The van der Waals surface area contributed by atoms with Crippen LogP contribution in [0, 0.1) is 0 Å². The van der Waals surface area contributed by atoms with Gasteiger partial charge in [0, 0.05) is 62.8 Å². The van der Waals surface area contributed by atoms with Gasteiger partial charge in [-0.1, -0.05) is 18.2 Å². The number of nitrogens with two attached hydrogens (primary N) is 13. The maximum absolute atomic E-state index is 14.6. The number of nitrogens with one attached hydrogen (secondary N) is 8. The van der Waals surface area contributed by atoms with Crippen molar-refractivity contribution < 1.29 is 53.4 Å². The van der Waals surface area contributed by atoms with Crippen LogP contribution in [-0.4, -0.2) is 192 Å². The van der Waals surface area contributed by atoms with Gasteiger partial charge in [-0.2, -0.15) is 0 Å². The molecule has 0 saturated carbocycles. The number of aliphatic carboxylic acids is 2. The summed E-state index contributed by atoms with van der Waals surface area (Å²) in [4.78, 5) is 151. The summed E-state index contributed by atoms with van der Waals surface area (Å²) in [5.74, 6) is -11.0. The van der Waals surface area contributed by atoms with Crippen molar-refractivity contribution in [3.63, 3.8) is 0 Å². The Kier molecular flexibility index (Phi) is 34.4. The molecule has 0 unspecified atom stereocenters. The normalized spacial score (nSPS) is 13.4. The molecule has 38 nitrogen and oxygen atoms in total. The fourth-order valence-corrected chi connectivity index (χ4v) is 8.70. The number of amides is 7. The van der Waals surface area contributed by atoms with E-state index in [-0.39, 0.29) is 158 Å². The molecule has 0 aliphatic carbocycles. The summed E-state index contributed by atoms with van der Waals surface area (Å²) in [7, 11) is 0. The fraction of sp³-hybridized carbons (Fsp3) is 0.558. The number of carboxylic acids is 2. The number of guanidine groups is 6. The second-order valence-electron chi connectivity index (χ2n) is 20.6. The van der Waals surface area contributed by atoms with Crippen LogP contribution >= 0.6 is 0 Å². The zero-order chi connectivity index (χ0) is 67.3. The first-order chi connectivity index (χ1) is 42.6. The molecular formula is C52H91N27O11. The summed E-state index contributed by atoms with van der Waals surface area (Å²) < 4.78 is 0. The lowest BCUT2D eigenvalue weighted by Gasteiger charge is -2.28. The quantitative estimate of drug-likeness (QED) is 0.0166. The van der Waals surface area contributed by atoms with Gasteiger partial charge in [0.1, 0.15) is 42.3 Å². The number of fused-ring (bicyclic) bond motifs is 1. The molecule has 0 fully saturated rings. The number of carbonyl (C=O) groups excluding carboxylic acids is 7. The molecule has 8 atom stereocenters. The van der Waals surface area contributed by atoms with Crippen LogP contribution in [0.1, 0.15) is 95.5 Å². The van der Waals surface area contributed by atoms with Crippen molar-refractivity contribution in [3.05, 3.63) is 36.0 Å². The Morgan fingerprint density at radius 3 is 0.944 bits per heavy atom. The van der Waals surface area contributed by atoms with Gasteiger partial charge in [-0.05, 0) is 102 Å². The number of carbonyl (C=O) groups is 9. The third-order valence-corrected chi connectivity index (χ3v) is 13.2. The Morgan fingerprint density at radius 1 is 0.389 bits per heavy atom. The third-order valence-electron chi connectivity index (χ3n) is 13.2. The number of aliphatic imine (C=N–C) groups is 6. The molecule has 1 aromatic heterocycles. The van der Waals surface area contributed by atoms with E-state index in [1.54, 1.807) is 12.3 Å². The topological polar surface area (TPSA) is 707 Å². The molecular weight excluding hydrogens is 1180 g/mol. The summed E-state index contributed by atoms with van der Waals surface area (Å²) in [6.07, 6.45) is -0.00485. The van der Waals surface area contributed by atoms with Crippen LogP contribution in [0.3, 0.4) is 0 Å². The number of hydrogen-bond acceptors (Lipinski definition) is 16. The second kappa shape index (κ2) is 40.9. The highest BCUT2D eigenvalue weighted by molar-refractivity contribution is 5.98. The smallest absolute Gasteiger partial charge is 0.326 e. The first kappa shape index (κ1) is 75.7. The number of aromatic amines is 1. The van der Waals surface area contributed by atoms with Crippen LogP contribution in [0.5, 0.6) is 0 Å². The molecule has 36 N–H and O–H groups in total. The Morgan fingerprint density at radius 2 is 0.656 bits per heavy atom. The summed E-state index contributed by atoms with van der Waals surface area (Å²) >= 11 is 0. The molecule has 90 heavy (non-hydrogen) atoms. The first-order valence-electron chi connectivity index (χ1n) is 28.8. The highest BCUT2D eigenvalue weighted by Gasteiger charge is 2.35. The van der Waals surface area contributed by atoms with E-state index in [1.165, 1.54) is 0 Å². The molecule has 2 aromatic rings. The molecule has 0 bridgehead atoms. The molecule has 7 amide bonds. The zero-order valence-electron chi connectivity index (χ0n) is 50.1. The number of carboxylic acid groups (broad SMARTS) is 2. The van der Waals surface area contributed by atoms with Crippen LogP contribution in [0.15, 0.2) is 60.4 Å². The van der Waals surface area contributed by atoms with Gasteiger partial charge in [-0.3, -0.25) is 68.3 Å². The van der Waals surface area contributed by atoms with Gasteiger partial charge in [0.25, 0.3) is 0 Å². The standard InChI is InChI=1S/C52H91N27O11/c53-29(25-27-26-72-30-10-2-1-9-28(27)30)39(82)73-36(17-18-38(80)81)45(88)78-34(14-6-22-69-50(60)61)43(86)76-32(12-4-20-67-48(56)57)41(84)74-31(11-3-19-66-47(54)55)40(83)75-33(13-5-21-68-49(58)59)42(85)77-35(15-7-23-70-51(62)63)44(87)79-37(46(89)90)16-8-24-71-52(64)65/h1-2,9-10,26,29,31-37,72H,3-8,11-25,53H2,(H,73,82)(H,74,84)(H,75,83)(H,76,86)(H,77,85)(H,78,88)(H,79,87)(H,80,81)(H,89,90)(H4,54,55,66)(H4,56,57,67)(H4,58,59,68)(H4,60,61,69)(H4,62,63,70)(H4,64,65,71)/t29-,31-,32-,33-,34-,35-,36-,37-/m0/s1. The molecule has 0 spiro atoms. The first-order valence-corrected chi connectivity index (χ1v) is 28.8. The van der Waals surface area contributed by atoms with Crippen molar-refractivity contribution in [2.45, 2.75) is 145 Å². The van der Waals surface area contributed by atoms with Crippen LogP contribution < -0.4 is 112 Å². The average Bonchev–Trinajstić information content (AvgIpc) is 2.11. The number of rotatable bonds is 44. The molecule has 2 rings (SSSR count). The predicted octanol–water partition coefficient (Wildman–Crippen LogP) is -8.30. The Labute approximate surface area is 518 Å². The van der Waals surface area contributed by atoms with Gasteiger partial charge in [0.15, 0.2) is 35.8 Å². The number of nitrogens with zero attached hydrogens (tertiary/aromatic N) is 6. The van der Waals surface area contributed by atoms with Crippen LogP contribution in [0.4, 0.5) is 0 Å². The van der Waals surface area contributed by atoms with E-state index in [2.05, 4.69) is 72.2 Å². The maximum Gasteiger partial charge on any atom is 0.326 e. The summed E-state index contributed by atoms with van der Waals surface area (Å²) in [6, 6.07) is -4.51. The molecule has 0 aliphatic rings. The molecule has 0 saturated heterocycles. The van der Waals surface area contributed by atoms with E-state index < -0.39 is 114 Å². The SMILES string of the molecule is NC(N)=NCCC[C@H](NC(=O)[C@H](CCCN=C(N)N)NC(=O)[C@H](CCCN=C(N)N)NC(=O)[C@H](CCCN=C(N)N)NC(=O)[C@H](CCCN=C(N)N)NC(=O)[C@H](CCCN=C(N)N)NC(=O)[C@H](CCC(=O)O)NC(=O)[C@@H](N)Cc1c[nH]c2ccccc12)C(=O)O. The van der Waals surface area contributed by atoms with Crippen LogP contribution in [0.25, 0.3) is 10.9 Å². The Balaban J connectivity index is 2.62. The number of benzene rings is 1. The van der Waals surface area contributed by atoms with E-state index in [0.717, 1.165) is 10.9 Å². The van der Waals surface area contributed by atoms with Gasteiger partial charge in [-0.15, -0.1) is 0 Å². The van der Waals surface area contributed by atoms with Crippen LogP contribution in [0.2, 0.25) is 0 Å². The van der Waals surface area contributed by atoms with E-state index in [0.29, 0.717) is 5.56 Å². The molecule has 38 heteroatoms. The number of para-hydroxylation sites is 1. The average molecular weight is 1270 g/mol. The molecule has 1 aromatic carbocycles. The molecule has 0 aliphatic heterocycles. The zero-order valence-corrected chi connectivity index (χ0v) is 50.1. The van der Waals surface area contributed by atoms with Crippen molar-refractivity contribution in [2.75, 3.05) is 39.3 Å².